The first-order valence-electron chi connectivity index (χ1n) is 4.77. The topological polar surface area (TPSA) is 65.0 Å². The summed E-state index contributed by atoms with van der Waals surface area (Å²) in [6.45, 7) is 1.90. The molecule has 0 aromatic rings. The van der Waals surface area contributed by atoms with Gasteiger partial charge in [-0.05, 0) is 6.42 Å². The van der Waals surface area contributed by atoms with E-state index in [-0.39, 0.29) is 11.9 Å². The zero-order valence-electron chi connectivity index (χ0n) is 8.96. The molecule has 3 unspecified atom stereocenters. The molecule has 1 aliphatic rings. The molecule has 1 heterocycles. The molecule has 2 radical (unpaired) electrons. The maximum absolute atomic E-state index is 11.1. The van der Waals surface area contributed by atoms with Crippen LogP contribution in [0.4, 0.5) is 0 Å². The van der Waals surface area contributed by atoms with Gasteiger partial charge in [-0.15, -0.1) is 0 Å². The Morgan fingerprint density at radius 3 is 2.87 bits per heavy atom. The molecule has 1 fully saturated rings. The van der Waals surface area contributed by atoms with Crippen LogP contribution >= 0.6 is 7.60 Å². The Bertz CT molecular complexity index is 243. The molecule has 0 bridgehead atoms. The summed E-state index contributed by atoms with van der Waals surface area (Å²) in [5.41, 5.74) is 0. The third kappa shape index (κ3) is 4.66. The lowest BCUT2D eigenvalue weighted by Gasteiger charge is -2.35. The summed E-state index contributed by atoms with van der Waals surface area (Å²) in [5, 5.41) is 0. The Labute approximate surface area is 91.0 Å². The molecule has 0 saturated carbocycles. The van der Waals surface area contributed by atoms with E-state index in [4.69, 9.17) is 26.7 Å². The van der Waals surface area contributed by atoms with E-state index < -0.39 is 13.7 Å². The van der Waals surface area contributed by atoms with Crippen molar-refractivity contribution >= 4 is 15.4 Å². The summed E-state index contributed by atoms with van der Waals surface area (Å²) in [5.74, 6) is -0.158. The Kier molecular flexibility index (Phi) is 4.80. The van der Waals surface area contributed by atoms with Gasteiger partial charge in [-0.2, -0.15) is 0 Å². The van der Waals surface area contributed by atoms with Crippen LogP contribution in [0.5, 0.6) is 0 Å². The van der Waals surface area contributed by atoms with E-state index in [1.54, 1.807) is 7.11 Å². The molecule has 0 aliphatic carbocycles. The lowest BCUT2D eigenvalue weighted by molar-refractivity contribution is -0.0926. The quantitative estimate of drug-likeness (QED) is 0.569. The molecule has 0 aromatic heterocycles. The second-order valence-corrected chi connectivity index (χ2v) is 5.59. The summed E-state index contributed by atoms with van der Waals surface area (Å²) in [6, 6.07) is 0. The molecule has 7 heteroatoms. The van der Waals surface area contributed by atoms with Gasteiger partial charge in [0.1, 0.15) is 6.10 Å². The Morgan fingerprint density at radius 1 is 1.67 bits per heavy atom. The van der Waals surface area contributed by atoms with Gasteiger partial charge in [0.2, 0.25) is 0 Å². The highest BCUT2D eigenvalue weighted by Gasteiger charge is 2.33. The highest BCUT2D eigenvalue weighted by molar-refractivity contribution is 7.51. The fraction of sp³-hybridized carbons (Fsp3) is 1.00. The van der Waals surface area contributed by atoms with Gasteiger partial charge in [0.15, 0.2) is 0 Å². The Balaban J connectivity index is 2.57. The summed E-state index contributed by atoms with van der Waals surface area (Å²) < 4.78 is 26.5. The SMILES string of the molecule is [B][C@H]1COC(COC)C(OP(C)(=O)O)C1. The van der Waals surface area contributed by atoms with E-state index >= 15 is 0 Å². The number of rotatable bonds is 4. The molecular formula is C8H16BO5P. The van der Waals surface area contributed by atoms with Crippen LogP contribution in [-0.2, 0) is 18.6 Å². The van der Waals surface area contributed by atoms with Gasteiger partial charge in [0.05, 0.1) is 20.6 Å². The second kappa shape index (κ2) is 5.46. The van der Waals surface area contributed by atoms with Crippen LogP contribution in [0.2, 0.25) is 5.82 Å². The molecule has 86 valence electrons. The van der Waals surface area contributed by atoms with Crippen LogP contribution in [0.1, 0.15) is 6.42 Å². The summed E-state index contributed by atoms with van der Waals surface area (Å²) in [4.78, 5) is 9.14. The monoisotopic (exact) mass is 234 g/mol. The molecule has 5 nitrogen and oxygen atoms in total. The van der Waals surface area contributed by atoms with Gasteiger partial charge in [0.25, 0.3) is 0 Å². The predicted octanol–water partition coefficient (Wildman–Crippen LogP) is 0.579. The zero-order chi connectivity index (χ0) is 11.5. The molecule has 0 spiro atoms. The lowest BCUT2D eigenvalue weighted by atomic mass is 9.80. The number of ether oxygens (including phenoxy) is 2. The van der Waals surface area contributed by atoms with Crippen molar-refractivity contribution in [3.63, 3.8) is 0 Å². The minimum absolute atomic E-state index is 0.158. The molecular weight excluding hydrogens is 218 g/mol. The third-order valence-electron chi connectivity index (χ3n) is 2.14. The minimum atomic E-state index is -3.51. The normalized spacial score (nSPS) is 36.1. The number of methoxy groups -OCH3 is 1. The average Bonchev–Trinajstić information content (AvgIpc) is 2.07. The van der Waals surface area contributed by atoms with E-state index in [1.807, 2.05) is 0 Å². The van der Waals surface area contributed by atoms with E-state index in [0.717, 1.165) is 6.66 Å². The average molecular weight is 234 g/mol. The standard InChI is InChI=1S/C8H16BO5P/c1-12-5-8-7(14-15(2,10)11)3-6(9)4-13-8/h6-8H,3-5H2,1-2H3,(H,10,11)/t6-,7?,8?/m1/s1. The van der Waals surface area contributed by atoms with E-state index in [1.165, 1.54) is 0 Å². The van der Waals surface area contributed by atoms with Gasteiger partial charge >= 0.3 is 7.60 Å². The van der Waals surface area contributed by atoms with E-state index in [9.17, 15) is 4.57 Å². The van der Waals surface area contributed by atoms with Gasteiger partial charge < -0.3 is 18.9 Å². The summed E-state index contributed by atoms with van der Waals surface area (Å²) in [6.07, 6.45) is -0.295. The highest BCUT2D eigenvalue weighted by atomic mass is 31.2. The maximum atomic E-state index is 11.1. The molecule has 0 amide bonds. The van der Waals surface area contributed by atoms with Crippen molar-refractivity contribution in [3.8, 4) is 0 Å². The van der Waals surface area contributed by atoms with Crippen molar-refractivity contribution in [1.82, 2.24) is 0 Å². The van der Waals surface area contributed by atoms with Crippen LogP contribution in [0.15, 0.2) is 0 Å². The number of hydrogen-bond acceptors (Lipinski definition) is 4. The molecule has 4 atom stereocenters. The Hall–Kier alpha value is 0.135. The first-order chi connectivity index (χ1) is 6.92. The first kappa shape index (κ1) is 13.2. The third-order valence-corrected chi connectivity index (χ3v) is 2.80. The summed E-state index contributed by atoms with van der Waals surface area (Å²) in [7, 11) is 3.71. The zero-order valence-corrected chi connectivity index (χ0v) is 9.85. The van der Waals surface area contributed by atoms with Crippen LogP contribution in [0, 0.1) is 0 Å². The fourth-order valence-corrected chi connectivity index (χ4v) is 2.28. The molecule has 15 heavy (non-hydrogen) atoms. The fourth-order valence-electron chi connectivity index (χ4n) is 1.55. The second-order valence-electron chi connectivity index (χ2n) is 3.77. The lowest BCUT2D eigenvalue weighted by Crippen LogP contribution is -2.40. The minimum Gasteiger partial charge on any atom is -0.382 e. The van der Waals surface area contributed by atoms with Crippen molar-refractivity contribution in [2.24, 2.45) is 0 Å². The van der Waals surface area contributed by atoms with E-state index in [0.29, 0.717) is 19.6 Å². The van der Waals surface area contributed by atoms with Crippen LogP contribution < -0.4 is 0 Å². The molecule has 1 N–H and O–H groups in total. The van der Waals surface area contributed by atoms with Crippen molar-refractivity contribution in [2.45, 2.75) is 24.4 Å². The number of hydrogen-bond donors (Lipinski definition) is 1. The van der Waals surface area contributed by atoms with Crippen molar-refractivity contribution < 1.29 is 23.5 Å². The van der Waals surface area contributed by atoms with Crippen molar-refractivity contribution in [3.05, 3.63) is 0 Å². The smallest absolute Gasteiger partial charge is 0.325 e. The van der Waals surface area contributed by atoms with Crippen LogP contribution in [0.3, 0.4) is 0 Å². The van der Waals surface area contributed by atoms with Crippen molar-refractivity contribution in [1.29, 1.82) is 0 Å². The molecule has 1 aliphatic heterocycles. The van der Waals surface area contributed by atoms with Crippen LogP contribution in [0.25, 0.3) is 0 Å². The van der Waals surface area contributed by atoms with Gasteiger partial charge in [-0.1, -0.05) is 5.82 Å². The summed E-state index contributed by atoms with van der Waals surface area (Å²) >= 11 is 0. The first-order valence-corrected chi connectivity index (χ1v) is 6.79. The molecule has 0 aromatic carbocycles. The molecule has 1 rings (SSSR count). The Morgan fingerprint density at radius 2 is 2.33 bits per heavy atom. The molecule has 1 saturated heterocycles. The predicted molar refractivity (Wildman–Crippen MR) is 56.4 cm³/mol. The van der Waals surface area contributed by atoms with Crippen LogP contribution in [-0.4, -0.2) is 51.9 Å². The van der Waals surface area contributed by atoms with E-state index in [2.05, 4.69) is 0 Å². The largest absolute Gasteiger partial charge is 0.382 e. The van der Waals surface area contributed by atoms with Crippen molar-refractivity contribution in [2.75, 3.05) is 27.0 Å². The van der Waals surface area contributed by atoms with Gasteiger partial charge in [-0.3, -0.25) is 4.57 Å². The van der Waals surface area contributed by atoms with Gasteiger partial charge in [0, 0.05) is 20.4 Å². The van der Waals surface area contributed by atoms with Gasteiger partial charge in [-0.25, -0.2) is 0 Å². The maximum Gasteiger partial charge on any atom is 0.325 e. The highest BCUT2D eigenvalue weighted by Crippen LogP contribution is 2.42.